The molecule has 0 amide bonds. The number of fused-ring (bicyclic) bond motifs is 4. The Labute approximate surface area is 289 Å². The van der Waals surface area contributed by atoms with Crippen molar-refractivity contribution in [2.24, 2.45) is 0 Å². The molecule has 0 N–H and O–H groups in total. The van der Waals surface area contributed by atoms with Crippen molar-refractivity contribution < 1.29 is 22.2 Å². The van der Waals surface area contributed by atoms with E-state index in [1.54, 1.807) is 42.5 Å². The predicted octanol–water partition coefficient (Wildman–Crippen LogP) is 11.3. The van der Waals surface area contributed by atoms with Crippen LogP contribution in [0.3, 0.4) is 0 Å². The van der Waals surface area contributed by atoms with E-state index in [0.29, 0.717) is 11.1 Å². The molecule has 0 spiro atoms. The van der Waals surface area contributed by atoms with Crippen molar-refractivity contribution in [1.82, 2.24) is 15.0 Å². The number of aromatic nitrogens is 3. The lowest BCUT2D eigenvalue weighted by Gasteiger charge is -2.13. The number of hydrogen-bond acceptors (Lipinski definition) is 4. The second-order valence-electron chi connectivity index (χ2n) is 10.6. The number of para-hydroxylation sites is 1. The number of hydrogen-bond donors (Lipinski definition) is 0. The van der Waals surface area contributed by atoms with Crippen molar-refractivity contribution in [3.05, 3.63) is 163 Å². The van der Waals surface area contributed by atoms with Crippen LogP contribution in [0.4, 0.5) is 0 Å². The minimum atomic E-state index is -0.621. The van der Waals surface area contributed by atoms with Gasteiger partial charge in [0.05, 0.1) is 17.8 Å². The van der Waals surface area contributed by atoms with Gasteiger partial charge >= 0.3 is 0 Å². The molecule has 0 aliphatic heterocycles. The molecule has 0 aliphatic carbocycles. The molecule has 0 aliphatic rings. The molecule has 4 nitrogen and oxygen atoms in total. The lowest BCUT2D eigenvalue weighted by atomic mass is 9.94. The molecule has 0 unspecified atom stereocenters. The Bertz CT molecular complexity index is 3290. The number of rotatable bonds is 5. The smallest absolute Gasteiger partial charge is 0.164 e. The predicted molar refractivity (Wildman–Crippen MR) is 192 cm³/mol. The van der Waals surface area contributed by atoms with Gasteiger partial charge in [0.15, 0.2) is 17.5 Å². The first-order valence-electron chi connectivity index (χ1n) is 21.1. The van der Waals surface area contributed by atoms with Crippen molar-refractivity contribution in [3.8, 4) is 56.4 Å². The Kier molecular flexibility index (Phi) is 4.00. The summed E-state index contributed by atoms with van der Waals surface area (Å²) in [5, 5.41) is -0.509. The lowest BCUT2D eigenvalue weighted by molar-refractivity contribution is 0.669. The fourth-order valence-electron chi connectivity index (χ4n) is 5.63. The first-order valence-corrected chi connectivity index (χ1v) is 14.6. The van der Waals surface area contributed by atoms with Crippen LogP contribution in [0.15, 0.2) is 168 Å². The van der Waals surface area contributed by atoms with E-state index in [4.69, 9.17) is 33.1 Å². The lowest BCUT2D eigenvalue weighted by Crippen LogP contribution is -2.01. The van der Waals surface area contributed by atoms with Gasteiger partial charge in [-0.2, -0.15) is 0 Å². The second-order valence-corrected chi connectivity index (χ2v) is 10.6. The largest absolute Gasteiger partial charge is 0.456 e. The first kappa shape index (κ1) is 16.8. The highest BCUT2D eigenvalue weighted by atomic mass is 16.3. The minimum absolute atomic E-state index is 0.0367. The molecule has 220 valence electrons. The third-order valence-corrected chi connectivity index (χ3v) is 7.84. The zero-order valence-corrected chi connectivity index (χ0v) is 24.3. The van der Waals surface area contributed by atoms with Gasteiger partial charge in [-0.3, -0.25) is 0 Å². The Hall–Kier alpha value is -6.39. The zero-order valence-electron chi connectivity index (χ0n) is 37.3. The number of furan rings is 1. The van der Waals surface area contributed by atoms with Gasteiger partial charge in [-0.05, 0) is 51.2 Å². The summed E-state index contributed by atoms with van der Waals surface area (Å²) in [7, 11) is 0. The maximum Gasteiger partial charge on any atom is 0.164 e. The van der Waals surface area contributed by atoms with Crippen LogP contribution in [0.2, 0.25) is 0 Å². The van der Waals surface area contributed by atoms with E-state index in [1.807, 2.05) is 42.5 Å². The SMILES string of the molecule is [2H]c1c([2H])c([2H])c2c(oc3c([2H])c([2H])c([2H])c(-c4nc(-c5ccc(-c6ccccc6)cc5)nc(-c5c([2H])c([2H])c(-c6ccccc6)c6c([2H])c([2H])c([2H])c([2H])c56)n4)c32)c1[2H]. The van der Waals surface area contributed by atoms with Gasteiger partial charge in [0.1, 0.15) is 11.2 Å². The van der Waals surface area contributed by atoms with Crippen LogP contribution in [0.25, 0.3) is 89.1 Å². The van der Waals surface area contributed by atoms with Crippen molar-refractivity contribution in [2.45, 2.75) is 0 Å². The van der Waals surface area contributed by atoms with Crippen molar-refractivity contribution in [3.63, 3.8) is 0 Å². The van der Waals surface area contributed by atoms with Crippen molar-refractivity contribution >= 4 is 32.7 Å². The van der Waals surface area contributed by atoms with Gasteiger partial charge < -0.3 is 4.42 Å². The van der Waals surface area contributed by atoms with Gasteiger partial charge in [0.25, 0.3) is 0 Å². The maximum absolute atomic E-state index is 9.45. The summed E-state index contributed by atoms with van der Waals surface area (Å²) in [5.74, 6) is -0.683. The molecule has 4 heteroatoms. The molecule has 0 radical (unpaired) electrons. The van der Waals surface area contributed by atoms with Crippen LogP contribution in [0, 0.1) is 0 Å². The van der Waals surface area contributed by atoms with Crippen molar-refractivity contribution in [2.75, 3.05) is 0 Å². The summed E-state index contributed by atoms with van der Waals surface area (Å²) >= 11 is 0. The molecule has 7 aromatic carbocycles. The second kappa shape index (κ2) is 11.2. The molecular weight excluding hydrogens is 574 g/mol. The van der Waals surface area contributed by atoms with E-state index in [1.165, 1.54) is 0 Å². The Morgan fingerprint density at radius 1 is 0.383 bits per heavy atom. The van der Waals surface area contributed by atoms with Crippen LogP contribution in [0.1, 0.15) is 17.8 Å². The standard InChI is InChI=1S/C43H27N3O/c1-3-12-28(13-4-1)29-22-24-31(25-23-29)41-44-42(35-27-26-32(30-14-5-2-6-15-30)33-16-7-8-17-34(33)35)46-43(45-41)37-19-11-21-39-40(37)36-18-9-10-20-38(36)47-39/h1-27H/i7D,8D,9D,10D,11D,16D,17D,18D,19D,20D,21D,26D,27D. The Morgan fingerprint density at radius 3 is 1.66 bits per heavy atom. The highest BCUT2D eigenvalue weighted by Crippen LogP contribution is 2.38. The van der Waals surface area contributed by atoms with Crippen LogP contribution in [-0.2, 0) is 0 Å². The molecule has 0 atom stereocenters. The third-order valence-electron chi connectivity index (χ3n) is 7.84. The Morgan fingerprint density at radius 2 is 0.915 bits per heavy atom. The molecule has 9 aromatic rings. The van der Waals surface area contributed by atoms with Crippen LogP contribution in [0.5, 0.6) is 0 Å². The minimum Gasteiger partial charge on any atom is -0.456 e. The van der Waals surface area contributed by atoms with E-state index in [0.717, 1.165) is 11.1 Å². The van der Waals surface area contributed by atoms with Gasteiger partial charge in [-0.15, -0.1) is 0 Å². The molecule has 0 saturated heterocycles. The van der Waals surface area contributed by atoms with E-state index in [-0.39, 0.29) is 72.9 Å². The summed E-state index contributed by atoms with van der Waals surface area (Å²) in [6.07, 6.45) is 0. The summed E-state index contributed by atoms with van der Waals surface area (Å²) < 4.78 is 121. The van der Waals surface area contributed by atoms with E-state index >= 15 is 0 Å². The number of benzene rings is 7. The normalized spacial score (nSPS) is 15.3. The molecule has 0 bridgehead atoms. The molecule has 47 heavy (non-hydrogen) atoms. The molecular formula is C43H27N3O. The zero-order chi connectivity index (χ0) is 42.5. The third kappa shape index (κ3) is 4.75. The molecule has 2 heterocycles. The molecule has 0 saturated carbocycles. The highest BCUT2D eigenvalue weighted by Gasteiger charge is 2.19. The fraction of sp³-hybridized carbons (Fsp3) is 0. The first-order chi connectivity index (χ1) is 28.7. The molecule has 0 fully saturated rings. The van der Waals surface area contributed by atoms with Gasteiger partial charge in [0, 0.05) is 27.5 Å². The summed E-state index contributed by atoms with van der Waals surface area (Å²) in [5.41, 5.74) is 1.62. The Balaban J connectivity index is 1.44. The average Bonchev–Trinajstić information content (AvgIpc) is 3.67. The average molecular weight is 615 g/mol. The quantitative estimate of drug-likeness (QED) is 0.193. The van der Waals surface area contributed by atoms with Gasteiger partial charge in [0.2, 0.25) is 0 Å². The van der Waals surface area contributed by atoms with E-state index < -0.39 is 72.5 Å². The van der Waals surface area contributed by atoms with Crippen molar-refractivity contribution in [1.29, 1.82) is 0 Å². The number of nitrogens with zero attached hydrogens (tertiary/aromatic N) is 3. The maximum atomic E-state index is 9.45. The molecule has 2 aromatic heterocycles. The van der Waals surface area contributed by atoms with E-state index in [2.05, 4.69) is 0 Å². The molecule has 9 rings (SSSR count). The fourth-order valence-corrected chi connectivity index (χ4v) is 5.63. The topological polar surface area (TPSA) is 51.8 Å². The van der Waals surface area contributed by atoms with Gasteiger partial charge in [-0.25, -0.2) is 15.0 Å². The summed E-state index contributed by atoms with van der Waals surface area (Å²) in [6.45, 7) is 0. The van der Waals surface area contributed by atoms with Crippen LogP contribution < -0.4 is 0 Å². The van der Waals surface area contributed by atoms with Crippen LogP contribution >= 0.6 is 0 Å². The van der Waals surface area contributed by atoms with E-state index in [9.17, 15) is 4.11 Å². The van der Waals surface area contributed by atoms with Crippen LogP contribution in [-0.4, -0.2) is 15.0 Å². The summed E-state index contributed by atoms with van der Waals surface area (Å²) in [6, 6.07) is 18.2. The monoisotopic (exact) mass is 614 g/mol. The summed E-state index contributed by atoms with van der Waals surface area (Å²) in [4.78, 5) is 14.2. The highest BCUT2D eigenvalue weighted by molar-refractivity contribution is 6.12. The van der Waals surface area contributed by atoms with Gasteiger partial charge in [-0.1, -0.05) is 145 Å².